The fraction of sp³-hybridized carbons (Fsp3) is 0.654. The number of thioether (sulfide) groups is 1. The molecule has 6 atom stereocenters. The van der Waals surface area contributed by atoms with Crippen molar-refractivity contribution in [3.63, 3.8) is 0 Å². The number of benzene rings is 1. The third kappa shape index (κ3) is 4.32. The van der Waals surface area contributed by atoms with Crippen molar-refractivity contribution in [2.75, 3.05) is 0 Å². The second-order valence-electron chi connectivity index (χ2n) is 10.1. The van der Waals surface area contributed by atoms with Crippen molar-refractivity contribution in [1.29, 1.82) is 0 Å². The Morgan fingerprint density at radius 3 is 2.66 bits per heavy atom. The molecule has 2 aliphatic rings. The van der Waals surface area contributed by atoms with E-state index in [0.29, 0.717) is 17.3 Å². The maximum absolute atomic E-state index is 4.93. The number of allylic oxidation sites excluding steroid dienone is 2. The van der Waals surface area contributed by atoms with Gasteiger partial charge in [0.05, 0.1) is 10.2 Å². The van der Waals surface area contributed by atoms with Crippen LogP contribution in [0.25, 0.3) is 10.2 Å². The third-order valence-electron chi connectivity index (χ3n) is 8.07. The summed E-state index contributed by atoms with van der Waals surface area (Å²) in [5.74, 6) is 3.78. The minimum atomic E-state index is 0.497. The molecule has 0 amide bonds. The highest BCUT2D eigenvalue weighted by Crippen LogP contribution is 2.60. The van der Waals surface area contributed by atoms with Gasteiger partial charge in [-0.3, -0.25) is 0 Å². The summed E-state index contributed by atoms with van der Waals surface area (Å²) in [6.45, 7) is 12.1. The average molecular weight is 428 g/mol. The Morgan fingerprint density at radius 1 is 1.10 bits per heavy atom. The molecule has 2 fully saturated rings. The number of nitrogens with zero attached hydrogens (tertiary/aromatic N) is 1. The molecule has 29 heavy (non-hydrogen) atoms. The molecule has 1 aromatic carbocycles. The molecule has 0 N–H and O–H groups in total. The molecule has 158 valence electrons. The SMILES string of the molecule is CC(C)[C@@H](C)/C=C/[C@@H](C)[C@H]1CC[C@H]2[C@@H](Sc3nc4ccccc4s3)CCC[C@]12C. The molecule has 0 bridgehead atoms. The molecule has 0 spiro atoms. The van der Waals surface area contributed by atoms with Crippen LogP contribution in [0.5, 0.6) is 0 Å². The van der Waals surface area contributed by atoms with Gasteiger partial charge in [0.15, 0.2) is 4.34 Å². The van der Waals surface area contributed by atoms with Crippen LogP contribution in [0.2, 0.25) is 0 Å². The van der Waals surface area contributed by atoms with Crippen molar-refractivity contribution in [2.45, 2.75) is 76.3 Å². The Bertz CT molecular complexity index is 820. The summed E-state index contributed by atoms with van der Waals surface area (Å²) in [6.07, 6.45) is 12.0. The second kappa shape index (κ2) is 8.75. The fourth-order valence-electron chi connectivity index (χ4n) is 5.90. The van der Waals surface area contributed by atoms with Gasteiger partial charge in [-0.2, -0.15) is 0 Å². The lowest BCUT2D eigenvalue weighted by molar-refractivity contribution is 0.0854. The first-order chi connectivity index (χ1) is 13.9. The van der Waals surface area contributed by atoms with E-state index in [9.17, 15) is 0 Å². The van der Waals surface area contributed by atoms with Crippen molar-refractivity contribution >= 4 is 33.3 Å². The first-order valence-corrected chi connectivity index (χ1v) is 13.3. The quantitative estimate of drug-likeness (QED) is 0.429. The van der Waals surface area contributed by atoms with Gasteiger partial charge in [0.2, 0.25) is 0 Å². The molecule has 1 heterocycles. The summed E-state index contributed by atoms with van der Waals surface area (Å²) in [4.78, 5) is 4.93. The van der Waals surface area contributed by atoms with Crippen LogP contribution in [0, 0.1) is 35.0 Å². The molecular weight excluding hydrogens is 390 g/mol. The average Bonchev–Trinajstić information content (AvgIpc) is 3.26. The molecule has 0 unspecified atom stereocenters. The standard InChI is InChI=1S/C26H37NS2/c1-17(2)18(3)12-13-19(4)20-14-15-21-23(11-8-16-26(20,21)5)28-25-27-22-9-6-7-10-24(22)29-25/h6-7,9-10,12-13,17-21,23H,8,11,14-16H2,1-5H3/b13-12+/t18-,19+,20+,21-,23-,26+/m0/s1. The van der Waals surface area contributed by atoms with Crippen LogP contribution in [-0.4, -0.2) is 10.2 Å². The van der Waals surface area contributed by atoms with E-state index in [0.717, 1.165) is 23.0 Å². The number of hydrogen-bond acceptors (Lipinski definition) is 3. The zero-order chi connectivity index (χ0) is 20.6. The van der Waals surface area contributed by atoms with E-state index >= 15 is 0 Å². The summed E-state index contributed by atoms with van der Waals surface area (Å²) < 4.78 is 2.61. The molecule has 3 heteroatoms. The number of rotatable bonds is 6. The maximum Gasteiger partial charge on any atom is 0.151 e. The van der Waals surface area contributed by atoms with Crippen molar-refractivity contribution in [3.8, 4) is 0 Å². The smallest absolute Gasteiger partial charge is 0.151 e. The highest BCUT2D eigenvalue weighted by atomic mass is 32.2. The van der Waals surface area contributed by atoms with Crippen LogP contribution < -0.4 is 0 Å². The number of hydrogen-bond donors (Lipinski definition) is 0. The molecule has 1 nitrogen and oxygen atoms in total. The number of fused-ring (bicyclic) bond motifs is 2. The third-order valence-corrected chi connectivity index (χ3v) is 10.6. The second-order valence-corrected chi connectivity index (χ2v) is 12.7. The largest absolute Gasteiger partial charge is 0.230 e. The first-order valence-electron chi connectivity index (χ1n) is 11.6. The molecular formula is C26H37NS2. The summed E-state index contributed by atoms with van der Waals surface area (Å²) in [7, 11) is 0. The lowest BCUT2D eigenvalue weighted by Gasteiger charge is -2.46. The van der Waals surface area contributed by atoms with E-state index in [4.69, 9.17) is 4.98 Å². The normalized spacial score (nSPS) is 32.1. The van der Waals surface area contributed by atoms with Gasteiger partial charge in [0.25, 0.3) is 0 Å². The van der Waals surface area contributed by atoms with Gasteiger partial charge >= 0.3 is 0 Å². The first kappa shape index (κ1) is 21.4. The van der Waals surface area contributed by atoms with E-state index in [-0.39, 0.29) is 0 Å². The van der Waals surface area contributed by atoms with Crippen molar-refractivity contribution in [1.82, 2.24) is 4.98 Å². The predicted molar refractivity (Wildman–Crippen MR) is 130 cm³/mol. The van der Waals surface area contributed by atoms with Crippen LogP contribution in [0.4, 0.5) is 0 Å². The van der Waals surface area contributed by atoms with Gasteiger partial charge in [0.1, 0.15) is 0 Å². The van der Waals surface area contributed by atoms with Crippen LogP contribution in [-0.2, 0) is 0 Å². The van der Waals surface area contributed by atoms with E-state index in [1.54, 1.807) is 0 Å². The molecule has 0 aliphatic heterocycles. The fourth-order valence-corrected chi connectivity index (χ4v) is 8.74. The lowest BCUT2D eigenvalue weighted by Crippen LogP contribution is -2.40. The van der Waals surface area contributed by atoms with Gasteiger partial charge in [0, 0.05) is 5.25 Å². The van der Waals surface area contributed by atoms with Crippen LogP contribution in [0.1, 0.15) is 66.7 Å². The van der Waals surface area contributed by atoms with Gasteiger partial charge in [-0.25, -0.2) is 4.98 Å². The van der Waals surface area contributed by atoms with Crippen molar-refractivity contribution in [2.24, 2.45) is 35.0 Å². The molecule has 4 rings (SSSR count). The predicted octanol–water partition coefficient (Wildman–Crippen LogP) is 8.46. The van der Waals surface area contributed by atoms with E-state index in [1.807, 2.05) is 11.3 Å². The summed E-state index contributed by atoms with van der Waals surface area (Å²) >= 11 is 3.98. The van der Waals surface area contributed by atoms with Crippen molar-refractivity contribution < 1.29 is 0 Å². The number of para-hydroxylation sites is 1. The molecule has 2 aliphatic carbocycles. The summed E-state index contributed by atoms with van der Waals surface area (Å²) in [5.41, 5.74) is 1.66. The summed E-state index contributed by atoms with van der Waals surface area (Å²) in [6, 6.07) is 8.59. The van der Waals surface area contributed by atoms with E-state index < -0.39 is 0 Å². The van der Waals surface area contributed by atoms with Gasteiger partial charge in [-0.1, -0.05) is 77.1 Å². The highest BCUT2D eigenvalue weighted by molar-refractivity contribution is 8.01. The maximum atomic E-state index is 4.93. The Hall–Kier alpha value is -0.800. The Morgan fingerprint density at radius 2 is 1.90 bits per heavy atom. The Kier molecular flexibility index (Phi) is 6.46. The van der Waals surface area contributed by atoms with Gasteiger partial charge in [-0.05, 0) is 72.8 Å². The van der Waals surface area contributed by atoms with Crippen LogP contribution in [0.3, 0.4) is 0 Å². The Labute approximate surface area is 185 Å². The molecule has 2 saturated carbocycles. The lowest BCUT2D eigenvalue weighted by atomic mass is 9.62. The Balaban J connectivity index is 1.48. The van der Waals surface area contributed by atoms with E-state index in [1.165, 1.54) is 46.7 Å². The number of thiazole rings is 1. The van der Waals surface area contributed by atoms with Crippen molar-refractivity contribution in [3.05, 3.63) is 36.4 Å². The molecule has 1 aromatic heterocycles. The molecule has 2 aromatic rings. The zero-order valence-electron chi connectivity index (χ0n) is 18.7. The minimum Gasteiger partial charge on any atom is -0.230 e. The topological polar surface area (TPSA) is 12.9 Å². The monoisotopic (exact) mass is 427 g/mol. The van der Waals surface area contributed by atoms with Gasteiger partial charge in [-0.15, -0.1) is 11.3 Å². The van der Waals surface area contributed by atoms with Crippen LogP contribution in [0.15, 0.2) is 40.8 Å². The van der Waals surface area contributed by atoms with Gasteiger partial charge < -0.3 is 0 Å². The zero-order valence-corrected chi connectivity index (χ0v) is 20.4. The minimum absolute atomic E-state index is 0.497. The molecule has 0 saturated heterocycles. The highest BCUT2D eigenvalue weighted by Gasteiger charge is 2.52. The summed E-state index contributed by atoms with van der Waals surface area (Å²) in [5, 5.41) is 0.741. The van der Waals surface area contributed by atoms with Crippen LogP contribution >= 0.6 is 23.1 Å². The number of aromatic nitrogens is 1. The van der Waals surface area contributed by atoms with E-state index in [2.05, 4.69) is 82.8 Å². The molecule has 0 radical (unpaired) electrons.